The van der Waals surface area contributed by atoms with Crippen LogP contribution in [0.1, 0.15) is 11.1 Å². The second kappa shape index (κ2) is 6.87. The molecule has 3 aromatic rings. The molecule has 0 atom stereocenters. The van der Waals surface area contributed by atoms with E-state index in [1.165, 1.54) is 21.9 Å². The molecule has 0 aliphatic heterocycles. The van der Waals surface area contributed by atoms with Gasteiger partial charge in [0.25, 0.3) is 0 Å². The zero-order chi connectivity index (χ0) is 14.3. The number of ether oxygens (including phenoxy) is 1. The quantitative estimate of drug-likeness (QED) is 0.590. The fraction of sp³-hybridized carbons (Fsp3) is 0.100. The van der Waals surface area contributed by atoms with Gasteiger partial charge in [0, 0.05) is 0 Å². The topological polar surface area (TPSA) is 9.23 Å². The Morgan fingerprint density at radius 1 is 0.762 bits per heavy atom. The lowest BCUT2D eigenvalue weighted by Crippen LogP contribution is -1.93. The molecule has 21 heavy (non-hydrogen) atoms. The van der Waals surface area contributed by atoms with Gasteiger partial charge in [0.2, 0.25) is 0 Å². The number of hydrogen-bond donors (Lipinski definition) is 0. The molecule has 0 amide bonds. The van der Waals surface area contributed by atoms with Gasteiger partial charge >= 0.3 is 0 Å². The molecule has 0 unspecified atom stereocenters. The van der Waals surface area contributed by atoms with Crippen LogP contribution >= 0.6 is 0 Å². The molecule has 1 heteroatoms. The van der Waals surface area contributed by atoms with E-state index in [2.05, 4.69) is 66.7 Å². The maximum Gasteiger partial charge on any atom is 0.0727 e. The molecule has 0 saturated heterocycles. The van der Waals surface area contributed by atoms with Gasteiger partial charge in [-0.2, -0.15) is 0 Å². The summed E-state index contributed by atoms with van der Waals surface area (Å²) in [6.45, 7) is 1.26. The standard InChI is InChI=1S/C20H18O/c1-2-8-17(9-3-1)10-7-15-21-16-19-13-6-12-18-11-4-5-14-20(18)19/h1-14H,15-16H2/b10-7+. The van der Waals surface area contributed by atoms with Crippen molar-refractivity contribution in [1.29, 1.82) is 0 Å². The van der Waals surface area contributed by atoms with Gasteiger partial charge in [-0.1, -0.05) is 84.9 Å². The Hall–Kier alpha value is -2.38. The highest BCUT2D eigenvalue weighted by atomic mass is 16.5. The Bertz CT molecular complexity index is 724. The van der Waals surface area contributed by atoms with E-state index >= 15 is 0 Å². The van der Waals surface area contributed by atoms with Crippen molar-refractivity contribution in [3.05, 3.63) is 90.0 Å². The Balaban J connectivity index is 1.59. The van der Waals surface area contributed by atoms with Gasteiger partial charge in [-0.15, -0.1) is 0 Å². The van der Waals surface area contributed by atoms with Crippen molar-refractivity contribution in [3.8, 4) is 0 Å². The molecular formula is C20H18O. The van der Waals surface area contributed by atoms with Gasteiger partial charge in [-0.25, -0.2) is 0 Å². The second-order valence-electron chi connectivity index (χ2n) is 4.97. The van der Waals surface area contributed by atoms with Crippen LogP contribution in [0.5, 0.6) is 0 Å². The molecule has 0 saturated carbocycles. The molecule has 0 heterocycles. The molecule has 3 aromatic carbocycles. The monoisotopic (exact) mass is 274 g/mol. The summed E-state index contributed by atoms with van der Waals surface area (Å²) in [6, 6.07) is 25.0. The molecule has 0 fully saturated rings. The smallest absolute Gasteiger partial charge is 0.0727 e. The molecule has 104 valence electrons. The summed E-state index contributed by atoms with van der Waals surface area (Å²) in [4.78, 5) is 0. The number of benzene rings is 3. The minimum atomic E-state index is 0.623. The van der Waals surface area contributed by atoms with Gasteiger partial charge in [-0.3, -0.25) is 0 Å². The largest absolute Gasteiger partial charge is 0.373 e. The molecule has 0 aromatic heterocycles. The highest BCUT2D eigenvalue weighted by molar-refractivity contribution is 5.85. The summed E-state index contributed by atoms with van der Waals surface area (Å²) < 4.78 is 5.76. The fourth-order valence-corrected chi connectivity index (χ4v) is 2.40. The Labute approximate surface area is 125 Å². The third-order valence-electron chi connectivity index (χ3n) is 3.46. The van der Waals surface area contributed by atoms with E-state index in [-0.39, 0.29) is 0 Å². The summed E-state index contributed by atoms with van der Waals surface area (Å²) in [7, 11) is 0. The molecule has 3 rings (SSSR count). The summed E-state index contributed by atoms with van der Waals surface area (Å²) in [6.07, 6.45) is 4.14. The van der Waals surface area contributed by atoms with Gasteiger partial charge < -0.3 is 4.74 Å². The molecule has 1 nitrogen and oxygen atoms in total. The normalized spacial score (nSPS) is 11.2. The van der Waals surface area contributed by atoms with E-state index in [1.54, 1.807) is 0 Å². The first-order valence-electron chi connectivity index (χ1n) is 7.19. The van der Waals surface area contributed by atoms with Gasteiger partial charge in [-0.05, 0) is 21.9 Å². The zero-order valence-electron chi connectivity index (χ0n) is 11.9. The maximum atomic E-state index is 5.76. The lowest BCUT2D eigenvalue weighted by atomic mass is 10.1. The first kappa shape index (κ1) is 13.6. The average molecular weight is 274 g/mol. The van der Waals surface area contributed by atoms with E-state index in [0.717, 1.165) is 0 Å². The van der Waals surface area contributed by atoms with Crippen LogP contribution in [0.25, 0.3) is 16.8 Å². The van der Waals surface area contributed by atoms with Crippen LogP contribution in [0.2, 0.25) is 0 Å². The molecule has 0 spiro atoms. The van der Waals surface area contributed by atoms with Crippen LogP contribution in [0, 0.1) is 0 Å². The fourth-order valence-electron chi connectivity index (χ4n) is 2.40. The lowest BCUT2D eigenvalue weighted by molar-refractivity contribution is 0.150. The third-order valence-corrected chi connectivity index (χ3v) is 3.46. The highest BCUT2D eigenvalue weighted by Crippen LogP contribution is 2.19. The average Bonchev–Trinajstić information content (AvgIpc) is 2.56. The van der Waals surface area contributed by atoms with Crippen LogP contribution in [-0.2, 0) is 11.3 Å². The molecule has 0 aliphatic carbocycles. The van der Waals surface area contributed by atoms with E-state index in [1.807, 2.05) is 18.2 Å². The van der Waals surface area contributed by atoms with Crippen LogP contribution in [0.15, 0.2) is 78.9 Å². The Morgan fingerprint density at radius 3 is 2.43 bits per heavy atom. The summed E-state index contributed by atoms with van der Waals surface area (Å²) in [5, 5.41) is 2.53. The van der Waals surface area contributed by atoms with E-state index < -0.39 is 0 Å². The maximum absolute atomic E-state index is 5.76. The van der Waals surface area contributed by atoms with Crippen LogP contribution in [-0.4, -0.2) is 6.61 Å². The Morgan fingerprint density at radius 2 is 1.52 bits per heavy atom. The van der Waals surface area contributed by atoms with Crippen molar-refractivity contribution >= 4 is 16.8 Å². The van der Waals surface area contributed by atoms with Crippen LogP contribution in [0.3, 0.4) is 0 Å². The Kier molecular flexibility index (Phi) is 4.45. The minimum absolute atomic E-state index is 0.623. The van der Waals surface area contributed by atoms with Crippen molar-refractivity contribution in [3.63, 3.8) is 0 Å². The predicted octanol–water partition coefficient (Wildman–Crippen LogP) is 5.07. The molecule has 0 radical (unpaired) electrons. The molecular weight excluding hydrogens is 256 g/mol. The minimum Gasteiger partial charge on any atom is -0.373 e. The SMILES string of the molecule is C(=C\c1ccccc1)/COCc1cccc2ccccc12. The second-order valence-corrected chi connectivity index (χ2v) is 4.97. The van der Waals surface area contributed by atoms with Crippen molar-refractivity contribution in [2.45, 2.75) is 6.61 Å². The number of rotatable bonds is 5. The number of hydrogen-bond acceptors (Lipinski definition) is 1. The molecule has 0 bridgehead atoms. The van der Waals surface area contributed by atoms with Crippen LogP contribution in [0.4, 0.5) is 0 Å². The lowest BCUT2D eigenvalue weighted by Gasteiger charge is -2.06. The van der Waals surface area contributed by atoms with Gasteiger partial charge in [0.1, 0.15) is 0 Å². The highest BCUT2D eigenvalue weighted by Gasteiger charge is 1.99. The van der Waals surface area contributed by atoms with Crippen LogP contribution < -0.4 is 0 Å². The summed E-state index contributed by atoms with van der Waals surface area (Å²) in [5.74, 6) is 0. The van der Waals surface area contributed by atoms with Crippen molar-refractivity contribution in [1.82, 2.24) is 0 Å². The zero-order valence-corrected chi connectivity index (χ0v) is 11.9. The van der Waals surface area contributed by atoms with Gasteiger partial charge in [0.05, 0.1) is 13.2 Å². The van der Waals surface area contributed by atoms with Crippen molar-refractivity contribution < 1.29 is 4.74 Å². The molecule has 0 N–H and O–H groups in total. The first-order valence-corrected chi connectivity index (χ1v) is 7.19. The molecule has 0 aliphatic rings. The third kappa shape index (κ3) is 3.59. The number of fused-ring (bicyclic) bond motifs is 1. The summed E-state index contributed by atoms with van der Waals surface area (Å²) in [5.41, 5.74) is 2.44. The summed E-state index contributed by atoms with van der Waals surface area (Å²) >= 11 is 0. The van der Waals surface area contributed by atoms with E-state index in [4.69, 9.17) is 4.74 Å². The van der Waals surface area contributed by atoms with E-state index in [9.17, 15) is 0 Å². The van der Waals surface area contributed by atoms with Gasteiger partial charge in [0.15, 0.2) is 0 Å². The van der Waals surface area contributed by atoms with E-state index in [0.29, 0.717) is 13.2 Å². The van der Waals surface area contributed by atoms with Crippen molar-refractivity contribution in [2.75, 3.05) is 6.61 Å². The predicted molar refractivity (Wildman–Crippen MR) is 89.1 cm³/mol. The first-order chi connectivity index (χ1) is 10.4. The van der Waals surface area contributed by atoms with Crippen molar-refractivity contribution in [2.24, 2.45) is 0 Å².